The lowest BCUT2D eigenvalue weighted by atomic mass is 10.2. The Morgan fingerprint density at radius 3 is 2.59 bits per heavy atom. The van der Waals surface area contributed by atoms with Gasteiger partial charge in [-0.25, -0.2) is 0 Å². The summed E-state index contributed by atoms with van der Waals surface area (Å²) in [6.45, 7) is 1.98. The maximum Gasteiger partial charge on any atom is 0.294 e. The maximum atomic E-state index is 12.6. The number of benzene rings is 2. The molecule has 0 atom stereocenters. The minimum Gasteiger partial charge on any atom is -0.493 e. The summed E-state index contributed by atoms with van der Waals surface area (Å²) in [6.07, 6.45) is 1.60. The lowest BCUT2D eigenvalue weighted by molar-refractivity contribution is -0.127. The molecular formula is C21H20N2O5S. The Kier molecular flexibility index (Phi) is 6.56. The second kappa shape index (κ2) is 9.29. The van der Waals surface area contributed by atoms with E-state index in [1.165, 1.54) is 0 Å². The first-order chi connectivity index (χ1) is 14.0. The van der Waals surface area contributed by atoms with Crippen LogP contribution in [0.5, 0.6) is 11.5 Å². The number of carbonyl (C=O) groups excluding carboxylic acids is 3. The number of ether oxygens (including phenoxy) is 2. The van der Waals surface area contributed by atoms with Gasteiger partial charge < -0.3 is 14.8 Å². The van der Waals surface area contributed by atoms with Crippen molar-refractivity contribution in [3.05, 3.63) is 59.0 Å². The second-order valence-corrected chi connectivity index (χ2v) is 7.02. The molecule has 0 radical (unpaired) electrons. The van der Waals surface area contributed by atoms with E-state index in [-0.39, 0.29) is 11.4 Å². The summed E-state index contributed by atoms with van der Waals surface area (Å²) in [5, 5.41) is 2.18. The van der Waals surface area contributed by atoms with Crippen LogP contribution in [0.1, 0.15) is 12.5 Å². The highest BCUT2D eigenvalue weighted by Crippen LogP contribution is 2.34. The van der Waals surface area contributed by atoms with Crippen LogP contribution in [0.2, 0.25) is 0 Å². The van der Waals surface area contributed by atoms with Crippen molar-refractivity contribution >= 4 is 40.6 Å². The molecule has 0 aliphatic carbocycles. The first-order valence-electron chi connectivity index (χ1n) is 8.93. The van der Waals surface area contributed by atoms with Crippen molar-refractivity contribution in [3.8, 4) is 11.5 Å². The molecule has 8 heteroatoms. The van der Waals surface area contributed by atoms with Crippen LogP contribution in [0, 0.1) is 0 Å². The van der Waals surface area contributed by atoms with Crippen molar-refractivity contribution in [2.45, 2.75) is 6.92 Å². The number of carbonyl (C=O) groups is 3. The standard InChI is InChI=1S/C21H20N2O5S/c1-3-28-17-11-14(9-10-16(17)27-2)12-18-20(25)23(21(26)29-18)13-19(24)22-15-7-5-4-6-8-15/h4-12H,3,13H2,1-2H3,(H,22,24)/b18-12+. The van der Waals surface area contributed by atoms with E-state index in [0.717, 1.165) is 16.7 Å². The van der Waals surface area contributed by atoms with Gasteiger partial charge in [0.2, 0.25) is 5.91 Å². The Bertz CT molecular complexity index is 959. The highest BCUT2D eigenvalue weighted by atomic mass is 32.2. The van der Waals surface area contributed by atoms with Gasteiger partial charge in [0, 0.05) is 5.69 Å². The van der Waals surface area contributed by atoms with E-state index >= 15 is 0 Å². The molecule has 29 heavy (non-hydrogen) atoms. The van der Waals surface area contributed by atoms with E-state index in [0.29, 0.717) is 29.4 Å². The minimum absolute atomic E-state index is 0.245. The monoisotopic (exact) mass is 412 g/mol. The molecule has 3 amide bonds. The highest BCUT2D eigenvalue weighted by Gasteiger charge is 2.36. The number of hydrogen-bond donors (Lipinski definition) is 1. The number of para-hydroxylation sites is 1. The molecule has 1 aliphatic rings. The van der Waals surface area contributed by atoms with Crippen molar-refractivity contribution in [2.24, 2.45) is 0 Å². The third-order valence-corrected chi connectivity index (χ3v) is 4.93. The third-order valence-electron chi connectivity index (χ3n) is 4.02. The first kappa shape index (κ1) is 20.5. The number of anilines is 1. The zero-order valence-electron chi connectivity index (χ0n) is 16.0. The summed E-state index contributed by atoms with van der Waals surface area (Å²) >= 11 is 0.801. The van der Waals surface area contributed by atoms with Gasteiger partial charge in [-0.05, 0) is 54.6 Å². The van der Waals surface area contributed by atoms with Crippen LogP contribution < -0.4 is 14.8 Å². The van der Waals surface area contributed by atoms with E-state index in [4.69, 9.17) is 9.47 Å². The first-order valence-corrected chi connectivity index (χ1v) is 9.74. The van der Waals surface area contributed by atoms with Gasteiger partial charge in [-0.2, -0.15) is 0 Å². The van der Waals surface area contributed by atoms with Gasteiger partial charge in [-0.15, -0.1) is 0 Å². The van der Waals surface area contributed by atoms with Gasteiger partial charge in [0.1, 0.15) is 6.54 Å². The third kappa shape index (κ3) is 4.97. The Morgan fingerprint density at radius 1 is 1.14 bits per heavy atom. The molecule has 3 rings (SSSR count). The van der Waals surface area contributed by atoms with Crippen LogP contribution in [0.25, 0.3) is 6.08 Å². The molecule has 1 fully saturated rings. The van der Waals surface area contributed by atoms with Crippen molar-refractivity contribution in [2.75, 3.05) is 25.6 Å². The van der Waals surface area contributed by atoms with Crippen LogP contribution in [-0.2, 0) is 9.59 Å². The van der Waals surface area contributed by atoms with E-state index in [1.807, 2.05) is 13.0 Å². The summed E-state index contributed by atoms with van der Waals surface area (Å²) in [5.41, 5.74) is 1.29. The fourth-order valence-electron chi connectivity index (χ4n) is 2.70. The zero-order valence-corrected chi connectivity index (χ0v) is 16.8. The van der Waals surface area contributed by atoms with Gasteiger partial charge in [-0.1, -0.05) is 24.3 Å². The molecule has 2 aromatic rings. The molecule has 150 valence electrons. The van der Waals surface area contributed by atoms with Crippen LogP contribution in [0.4, 0.5) is 10.5 Å². The lowest BCUT2D eigenvalue weighted by Gasteiger charge is -2.12. The largest absolute Gasteiger partial charge is 0.493 e. The smallest absolute Gasteiger partial charge is 0.294 e. The average Bonchev–Trinajstić information content (AvgIpc) is 2.96. The Labute approximate surface area is 172 Å². The van der Waals surface area contributed by atoms with Gasteiger partial charge >= 0.3 is 0 Å². The summed E-state index contributed by atoms with van der Waals surface area (Å²) in [6, 6.07) is 14.1. The van der Waals surface area contributed by atoms with Gasteiger partial charge in [0.05, 0.1) is 18.6 Å². The topological polar surface area (TPSA) is 84.9 Å². The summed E-state index contributed by atoms with van der Waals surface area (Å²) < 4.78 is 10.8. The van der Waals surface area contributed by atoms with Crippen molar-refractivity contribution in [3.63, 3.8) is 0 Å². The van der Waals surface area contributed by atoms with E-state index in [9.17, 15) is 14.4 Å². The van der Waals surface area contributed by atoms with Crippen LogP contribution >= 0.6 is 11.8 Å². The molecule has 7 nitrogen and oxygen atoms in total. The normalized spacial score (nSPS) is 15.0. The van der Waals surface area contributed by atoms with Crippen molar-refractivity contribution in [1.29, 1.82) is 0 Å². The van der Waals surface area contributed by atoms with E-state index < -0.39 is 17.1 Å². The molecule has 0 bridgehead atoms. The van der Waals surface area contributed by atoms with E-state index in [1.54, 1.807) is 55.7 Å². The number of thioether (sulfide) groups is 1. The predicted octanol–water partition coefficient (Wildman–Crippen LogP) is 3.77. The Hall–Kier alpha value is -3.26. The van der Waals surface area contributed by atoms with Gasteiger partial charge in [-0.3, -0.25) is 19.3 Å². The maximum absolute atomic E-state index is 12.6. The molecule has 1 N–H and O–H groups in total. The fraction of sp³-hybridized carbons (Fsp3) is 0.190. The molecule has 0 saturated carbocycles. The van der Waals surface area contributed by atoms with Gasteiger partial charge in [0.15, 0.2) is 11.5 Å². The molecular weight excluding hydrogens is 392 g/mol. The van der Waals surface area contributed by atoms with Crippen LogP contribution in [0.15, 0.2) is 53.4 Å². The molecule has 1 heterocycles. The molecule has 2 aromatic carbocycles. The number of hydrogen-bond acceptors (Lipinski definition) is 6. The Balaban J connectivity index is 1.73. The quantitative estimate of drug-likeness (QED) is 0.697. The zero-order chi connectivity index (χ0) is 20.8. The molecule has 0 aromatic heterocycles. The molecule has 0 spiro atoms. The molecule has 1 saturated heterocycles. The predicted molar refractivity (Wildman–Crippen MR) is 112 cm³/mol. The Morgan fingerprint density at radius 2 is 1.90 bits per heavy atom. The fourth-order valence-corrected chi connectivity index (χ4v) is 3.54. The second-order valence-electron chi connectivity index (χ2n) is 6.03. The van der Waals surface area contributed by atoms with Crippen LogP contribution in [0.3, 0.4) is 0 Å². The number of methoxy groups -OCH3 is 1. The number of amides is 3. The van der Waals surface area contributed by atoms with Crippen molar-refractivity contribution in [1.82, 2.24) is 4.90 Å². The number of nitrogens with zero attached hydrogens (tertiary/aromatic N) is 1. The van der Waals surface area contributed by atoms with E-state index in [2.05, 4.69) is 5.32 Å². The van der Waals surface area contributed by atoms with Crippen molar-refractivity contribution < 1.29 is 23.9 Å². The highest BCUT2D eigenvalue weighted by molar-refractivity contribution is 8.18. The number of imide groups is 1. The minimum atomic E-state index is -0.503. The average molecular weight is 412 g/mol. The summed E-state index contributed by atoms with van der Waals surface area (Å²) in [4.78, 5) is 38.2. The summed E-state index contributed by atoms with van der Waals surface area (Å²) in [5.74, 6) is 0.180. The molecule has 1 aliphatic heterocycles. The summed E-state index contributed by atoms with van der Waals surface area (Å²) in [7, 11) is 1.55. The molecule has 0 unspecified atom stereocenters. The lowest BCUT2D eigenvalue weighted by Crippen LogP contribution is -2.36. The number of rotatable bonds is 7. The SMILES string of the molecule is CCOc1cc(/C=C2/SC(=O)N(CC(=O)Nc3ccccc3)C2=O)ccc1OC. The number of nitrogens with one attached hydrogen (secondary N) is 1. The van der Waals surface area contributed by atoms with Crippen LogP contribution in [-0.4, -0.2) is 42.2 Å². The van der Waals surface area contributed by atoms with Gasteiger partial charge in [0.25, 0.3) is 11.1 Å².